The van der Waals surface area contributed by atoms with Crippen molar-refractivity contribution in [2.45, 2.75) is 44.3 Å². The first-order chi connectivity index (χ1) is 12.3. The molecule has 2 aromatic heterocycles. The Morgan fingerprint density at radius 3 is 2.92 bits per heavy atom. The number of thioether (sulfide) groups is 1. The molecule has 0 fully saturated rings. The molecule has 3 aromatic rings. The summed E-state index contributed by atoms with van der Waals surface area (Å²) in [5.41, 5.74) is 2.09. The molecular weight excluding hydrogens is 336 g/mol. The molecule has 0 aliphatic heterocycles. The molecule has 7 heteroatoms. The quantitative estimate of drug-likeness (QED) is 0.403. The minimum Gasteiger partial charge on any atom is -0.384 e. The maximum absolute atomic E-state index is 5.41. The Morgan fingerprint density at radius 2 is 2.08 bits per heavy atom. The first-order valence-electron chi connectivity index (χ1n) is 8.70. The third-order valence-corrected chi connectivity index (χ3v) is 4.99. The number of benzene rings is 1. The molecule has 0 aliphatic carbocycles. The Balaban J connectivity index is 1.79. The molecule has 1 aromatic carbocycles. The number of fused-ring (bicyclic) bond motifs is 1. The molecule has 6 nitrogen and oxygen atoms in total. The number of rotatable bonds is 10. The van der Waals surface area contributed by atoms with E-state index in [9.17, 15) is 0 Å². The Labute approximate surface area is 152 Å². The van der Waals surface area contributed by atoms with Gasteiger partial charge in [0.15, 0.2) is 11.0 Å². The maximum atomic E-state index is 5.41. The van der Waals surface area contributed by atoms with Gasteiger partial charge in [-0.25, -0.2) is 4.98 Å². The number of imidazole rings is 1. The van der Waals surface area contributed by atoms with Crippen LogP contribution in [0.3, 0.4) is 0 Å². The van der Waals surface area contributed by atoms with Crippen LogP contribution in [0.4, 0.5) is 0 Å². The fourth-order valence-corrected chi connectivity index (χ4v) is 3.63. The molecule has 134 valence electrons. The van der Waals surface area contributed by atoms with Gasteiger partial charge >= 0.3 is 0 Å². The van der Waals surface area contributed by atoms with Crippen molar-refractivity contribution in [3.05, 3.63) is 36.0 Å². The lowest BCUT2D eigenvalue weighted by Gasteiger charge is -2.06. The summed E-state index contributed by atoms with van der Waals surface area (Å²) in [6.07, 6.45) is 4.33. The summed E-state index contributed by atoms with van der Waals surface area (Å²) in [5.74, 6) is 2.35. The van der Waals surface area contributed by atoms with Crippen LogP contribution < -0.4 is 0 Å². The topological polar surface area (TPSA) is 66.0 Å². The first kappa shape index (κ1) is 17.9. The third-order valence-electron chi connectivity index (χ3n) is 3.93. The molecular formula is C18H24N4O2S. The summed E-state index contributed by atoms with van der Waals surface area (Å²) in [4.78, 5) is 9.24. The predicted octanol–water partition coefficient (Wildman–Crippen LogP) is 3.94. The molecule has 0 atom stereocenters. The van der Waals surface area contributed by atoms with Crippen LogP contribution in [0.5, 0.6) is 0 Å². The SMILES string of the molecule is CCCCCSc1nc2ccccc2n1Cc1nc(CCOC)no1. The molecule has 0 radical (unpaired) electrons. The number of hydrogen-bond acceptors (Lipinski definition) is 6. The first-order valence-corrected chi connectivity index (χ1v) is 9.69. The molecule has 25 heavy (non-hydrogen) atoms. The highest BCUT2D eigenvalue weighted by Gasteiger charge is 2.14. The molecule has 0 spiro atoms. The number of nitrogens with zero attached hydrogens (tertiary/aromatic N) is 4. The summed E-state index contributed by atoms with van der Waals surface area (Å²) in [6.45, 7) is 3.35. The van der Waals surface area contributed by atoms with E-state index in [1.54, 1.807) is 18.9 Å². The van der Waals surface area contributed by atoms with E-state index in [2.05, 4.69) is 27.7 Å². The summed E-state index contributed by atoms with van der Waals surface area (Å²) in [7, 11) is 1.67. The minimum absolute atomic E-state index is 0.538. The van der Waals surface area contributed by atoms with Gasteiger partial charge in [-0.05, 0) is 18.6 Å². The van der Waals surface area contributed by atoms with Gasteiger partial charge in [-0.3, -0.25) is 0 Å². The molecule has 2 heterocycles. The maximum Gasteiger partial charge on any atom is 0.246 e. The van der Waals surface area contributed by atoms with Gasteiger partial charge in [0.2, 0.25) is 5.89 Å². The van der Waals surface area contributed by atoms with Crippen LogP contribution >= 0.6 is 11.8 Å². The lowest BCUT2D eigenvalue weighted by Crippen LogP contribution is -2.03. The van der Waals surface area contributed by atoms with E-state index in [1.807, 2.05) is 18.2 Å². The van der Waals surface area contributed by atoms with Crippen molar-refractivity contribution in [2.75, 3.05) is 19.5 Å². The molecule has 3 rings (SSSR count). The third kappa shape index (κ3) is 4.61. The van der Waals surface area contributed by atoms with Crippen molar-refractivity contribution in [2.24, 2.45) is 0 Å². The molecule has 0 bridgehead atoms. The highest BCUT2D eigenvalue weighted by Crippen LogP contribution is 2.25. The van der Waals surface area contributed by atoms with Crippen LogP contribution in [0.25, 0.3) is 11.0 Å². The highest BCUT2D eigenvalue weighted by atomic mass is 32.2. The average Bonchev–Trinajstić information content (AvgIpc) is 3.22. The zero-order valence-electron chi connectivity index (χ0n) is 14.8. The van der Waals surface area contributed by atoms with E-state index in [0.29, 0.717) is 31.3 Å². The van der Waals surface area contributed by atoms with Crippen molar-refractivity contribution < 1.29 is 9.26 Å². The normalized spacial score (nSPS) is 11.4. The minimum atomic E-state index is 0.538. The highest BCUT2D eigenvalue weighted by molar-refractivity contribution is 7.99. The molecule has 0 saturated carbocycles. The monoisotopic (exact) mass is 360 g/mol. The number of para-hydroxylation sites is 2. The predicted molar refractivity (Wildman–Crippen MR) is 99.0 cm³/mol. The fraction of sp³-hybridized carbons (Fsp3) is 0.500. The molecule has 0 saturated heterocycles. The largest absolute Gasteiger partial charge is 0.384 e. The van der Waals surface area contributed by atoms with Gasteiger partial charge in [-0.1, -0.05) is 48.8 Å². The Morgan fingerprint density at radius 1 is 1.20 bits per heavy atom. The molecule has 0 amide bonds. The van der Waals surface area contributed by atoms with Crippen LogP contribution in [0.2, 0.25) is 0 Å². The number of unbranched alkanes of at least 4 members (excludes halogenated alkanes) is 2. The van der Waals surface area contributed by atoms with Crippen molar-refractivity contribution in [1.29, 1.82) is 0 Å². The number of aromatic nitrogens is 4. The molecule has 0 N–H and O–H groups in total. The van der Waals surface area contributed by atoms with Crippen molar-refractivity contribution >= 4 is 22.8 Å². The van der Waals surface area contributed by atoms with E-state index in [0.717, 1.165) is 21.9 Å². The van der Waals surface area contributed by atoms with Gasteiger partial charge in [0, 0.05) is 19.3 Å². The second kappa shape index (κ2) is 9.01. The second-order valence-electron chi connectivity index (χ2n) is 5.87. The average molecular weight is 360 g/mol. The van der Waals surface area contributed by atoms with E-state index in [4.69, 9.17) is 14.2 Å². The summed E-state index contributed by atoms with van der Waals surface area (Å²) in [5, 5.41) is 5.03. The Bertz CT molecular complexity index is 799. The summed E-state index contributed by atoms with van der Waals surface area (Å²) in [6, 6.07) is 8.17. The zero-order valence-corrected chi connectivity index (χ0v) is 15.6. The Kier molecular flexibility index (Phi) is 6.47. The van der Waals surface area contributed by atoms with Crippen LogP contribution in [0.15, 0.2) is 33.9 Å². The summed E-state index contributed by atoms with van der Waals surface area (Å²) >= 11 is 1.79. The molecule has 0 unspecified atom stereocenters. The van der Waals surface area contributed by atoms with Crippen LogP contribution in [-0.4, -0.2) is 39.2 Å². The zero-order chi connectivity index (χ0) is 17.5. The van der Waals surface area contributed by atoms with E-state index < -0.39 is 0 Å². The van der Waals surface area contributed by atoms with Gasteiger partial charge in [-0.15, -0.1) is 0 Å². The second-order valence-corrected chi connectivity index (χ2v) is 6.93. The fourth-order valence-electron chi connectivity index (χ4n) is 2.62. The van der Waals surface area contributed by atoms with Gasteiger partial charge in [-0.2, -0.15) is 4.98 Å². The van der Waals surface area contributed by atoms with Crippen LogP contribution in [-0.2, 0) is 17.7 Å². The van der Waals surface area contributed by atoms with Gasteiger partial charge in [0.25, 0.3) is 0 Å². The number of ether oxygens (including phenoxy) is 1. The van der Waals surface area contributed by atoms with Crippen molar-refractivity contribution in [3.8, 4) is 0 Å². The van der Waals surface area contributed by atoms with Gasteiger partial charge in [0.1, 0.15) is 6.54 Å². The van der Waals surface area contributed by atoms with E-state index in [1.165, 1.54) is 19.3 Å². The lowest BCUT2D eigenvalue weighted by molar-refractivity contribution is 0.199. The smallest absolute Gasteiger partial charge is 0.246 e. The summed E-state index contributed by atoms with van der Waals surface area (Å²) < 4.78 is 12.6. The van der Waals surface area contributed by atoms with Gasteiger partial charge < -0.3 is 13.8 Å². The molecule has 0 aliphatic rings. The number of hydrogen-bond donors (Lipinski definition) is 0. The van der Waals surface area contributed by atoms with E-state index >= 15 is 0 Å². The Hall–Kier alpha value is -1.86. The van der Waals surface area contributed by atoms with Gasteiger partial charge in [0.05, 0.1) is 17.6 Å². The van der Waals surface area contributed by atoms with Crippen LogP contribution in [0.1, 0.15) is 37.9 Å². The number of methoxy groups -OCH3 is 1. The van der Waals surface area contributed by atoms with Crippen molar-refractivity contribution in [1.82, 2.24) is 19.7 Å². The lowest BCUT2D eigenvalue weighted by atomic mass is 10.3. The standard InChI is InChI=1S/C18H24N4O2S/c1-3-4-7-12-25-18-19-14-8-5-6-9-15(14)22(18)13-17-20-16(21-24-17)10-11-23-2/h5-6,8-9H,3-4,7,10-13H2,1-2H3. The van der Waals surface area contributed by atoms with Crippen molar-refractivity contribution in [3.63, 3.8) is 0 Å². The van der Waals surface area contributed by atoms with Crippen LogP contribution in [0, 0.1) is 0 Å². The van der Waals surface area contributed by atoms with E-state index in [-0.39, 0.29) is 0 Å².